The summed E-state index contributed by atoms with van der Waals surface area (Å²) in [7, 11) is 0. The first kappa shape index (κ1) is 39.8. The molecule has 3 aromatic heterocycles. The molecule has 9 aromatic carbocycles. The van der Waals surface area contributed by atoms with Crippen molar-refractivity contribution in [2.24, 2.45) is 0 Å². The Kier molecular flexibility index (Phi) is 9.80. The third-order valence-electron chi connectivity index (χ3n) is 13.3. The van der Waals surface area contributed by atoms with Crippen molar-refractivity contribution in [3.8, 4) is 73.0 Å². The highest BCUT2D eigenvalue weighted by Gasteiger charge is 2.25. The van der Waals surface area contributed by atoms with E-state index in [1.54, 1.807) is 0 Å². The summed E-state index contributed by atoms with van der Waals surface area (Å²) in [5.74, 6) is 2.02. The van der Waals surface area contributed by atoms with Crippen LogP contribution in [0.25, 0.3) is 115 Å². The van der Waals surface area contributed by atoms with Gasteiger partial charge in [0.15, 0.2) is 11.6 Å². The van der Waals surface area contributed by atoms with Crippen LogP contribution in [-0.4, -0.2) is 19.5 Å². The molecule has 0 aliphatic heterocycles. The number of benzene rings is 9. The number of thiophene rings is 1. The summed E-state index contributed by atoms with van der Waals surface area (Å²) in [4.78, 5) is 16.2. The first-order valence-electron chi connectivity index (χ1n) is 23.2. The van der Waals surface area contributed by atoms with E-state index in [0.717, 1.165) is 79.1 Å². The van der Waals surface area contributed by atoms with Gasteiger partial charge < -0.3 is 4.57 Å². The highest BCUT2D eigenvalue weighted by atomic mass is 32.1. The predicted octanol–water partition coefficient (Wildman–Crippen LogP) is 16.9. The predicted molar refractivity (Wildman–Crippen MR) is 285 cm³/mol. The van der Waals surface area contributed by atoms with E-state index >= 15 is 0 Å². The van der Waals surface area contributed by atoms with Crippen LogP contribution in [0.1, 0.15) is 18.2 Å². The molecule has 0 fully saturated rings. The molecule has 4 nitrogen and oxygen atoms in total. The van der Waals surface area contributed by atoms with Gasteiger partial charge in [0.1, 0.15) is 5.82 Å². The number of hydrogen-bond acceptors (Lipinski definition) is 4. The smallest absolute Gasteiger partial charge is 0.163 e. The minimum absolute atomic E-state index is 0.00352. The number of aromatic nitrogens is 4. The van der Waals surface area contributed by atoms with Gasteiger partial charge in [0.05, 0.1) is 16.7 Å². The molecule has 1 aliphatic rings. The molecule has 0 N–H and O–H groups in total. The van der Waals surface area contributed by atoms with Gasteiger partial charge in [-0.25, -0.2) is 15.0 Å². The van der Waals surface area contributed by atoms with E-state index in [2.05, 4.69) is 241 Å². The Morgan fingerprint density at radius 1 is 0.382 bits per heavy atom. The van der Waals surface area contributed by atoms with Crippen LogP contribution in [0.3, 0.4) is 0 Å². The number of fused-ring (bicyclic) bond motifs is 6. The molecule has 1 unspecified atom stereocenters. The summed E-state index contributed by atoms with van der Waals surface area (Å²) in [5, 5.41) is 5.03. The Bertz CT molecular complexity index is 3810. The van der Waals surface area contributed by atoms with Crippen LogP contribution >= 0.6 is 11.3 Å². The van der Waals surface area contributed by atoms with Crippen LogP contribution in [0.4, 0.5) is 0 Å². The minimum Gasteiger partial charge on any atom is -0.308 e. The normalized spacial score (nSPS) is 13.6. The summed E-state index contributed by atoms with van der Waals surface area (Å²) < 4.78 is 5.07. The van der Waals surface area contributed by atoms with Gasteiger partial charge in [0, 0.05) is 59.1 Å². The van der Waals surface area contributed by atoms with E-state index < -0.39 is 0 Å². The van der Waals surface area contributed by atoms with Gasteiger partial charge in [0.2, 0.25) is 0 Å². The molecule has 320 valence electrons. The molecule has 0 amide bonds. The molecule has 0 saturated heterocycles. The Hall–Kier alpha value is -8.51. The molecule has 0 spiro atoms. The van der Waals surface area contributed by atoms with E-state index in [0.29, 0.717) is 11.6 Å². The molecule has 3 heterocycles. The van der Waals surface area contributed by atoms with Crippen molar-refractivity contribution in [1.82, 2.24) is 19.5 Å². The Labute approximate surface area is 398 Å². The monoisotopic (exact) mass is 886 g/mol. The summed E-state index contributed by atoms with van der Waals surface area (Å²) in [6, 6.07) is 76.5. The Morgan fingerprint density at radius 2 is 0.912 bits per heavy atom. The molecular formula is C63H42N4S. The third-order valence-corrected chi connectivity index (χ3v) is 14.4. The zero-order valence-electron chi connectivity index (χ0n) is 37.0. The average molecular weight is 887 g/mol. The van der Waals surface area contributed by atoms with Crippen LogP contribution in [0.15, 0.2) is 237 Å². The first-order valence-corrected chi connectivity index (χ1v) is 24.0. The SMILES string of the molecule is C1=CCC(c2nc(-c3cc(-c4ccccc4)cc(-c4ccccc4)c3)nc(-c3cc(-c4ccccc4)c(-n4c5ccccc5c5cc6c(cc54)sc4ccccc46)c(-c4ccccc4)c3)n2)C=C1. The zero-order valence-corrected chi connectivity index (χ0v) is 37.8. The summed E-state index contributed by atoms with van der Waals surface area (Å²) >= 11 is 1.86. The maximum atomic E-state index is 5.49. The molecule has 0 saturated carbocycles. The van der Waals surface area contributed by atoms with Crippen molar-refractivity contribution < 1.29 is 0 Å². The molecule has 1 atom stereocenters. The summed E-state index contributed by atoms with van der Waals surface area (Å²) in [5.41, 5.74) is 14.1. The highest BCUT2D eigenvalue weighted by molar-refractivity contribution is 7.25. The lowest BCUT2D eigenvalue weighted by Gasteiger charge is -2.21. The van der Waals surface area contributed by atoms with E-state index in [1.165, 1.54) is 36.5 Å². The third kappa shape index (κ3) is 7.03. The fourth-order valence-electron chi connectivity index (χ4n) is 10.0. The van der Waals surface area contributed by atoms with Crippen LogP contribution in [0, 0.1) is 0 Å². The maximum Gasteiger partial charge on any atom is 0.163 e. The second kappa shape index (κ2) is 16.7. The minimum atomic E-state index is -0.00352. The second-order valence-electron chi connectivity index (χ2n) is 17.5. The summed E-state index contributed by atoms with van der Waals surface area (Å²) in [6.07, 6.45) is 9.43. The quantitative estimate of drug-likeness (QED) is 0.153. The molecule has 0 radical (unpaired) electrons. The van der Waals surface area contributed by atoms with E-state index in [9.17, 15) is 0 Å². The molecule has 68 heavy (non-hydrogen) atoms. The number of allylic oxidation sites excluding steroid dienone is 4. The van der Waals surface area contributed by atoms with E-state index in [1.807, 2.05) is 11.3 Å². The molecule has 1 aliphatic carbocycles. The lowest BCUT2D eigenvalue weighted by molar-refractivity contribution is 0.764. The number of para-hydroxylation sites is 1. The summed E-state index contributed by atoms with van der Waals surface area (Å²) in [6.45, 7) is 0. The fourth-order valence-corrected chi connectivity index (χ4v) is 11.2. The largest absolute Gasteiger partial charge is 0.308 e. The average Bonchev–Trinajstić information content (AvgIpc) is 3.95. The van der Waals surface area contributed by atoms with Crippen LogP contribution in [0.2, 0.25) is 0 Å². The van der Waals surface area contributed by atoms with Crippen molar-refractivity contribution in [2.75, 3.05) is 0 Å². The zero-order chi connectivity index (χ0) is 45.0. The second-order valence-corrected chi connectivity index (χ2v) is 18.6. The van der Waals surface area contributed by atoms with E-state index in [-0.39, 0.29) is 5.92 Å². The first-order chi connectivity index (χ1) is 33.7. The molecule has 13 rings (SSSR count). The van der Waals surface area contributed by atoms with Gasteiger partial charge in [-0.05, 0) is 94.4 Å². The van der Waals surface area contributed by atoms with Gasteiger partial charge in [-0.15, -0.1) is 11.3 Å². The van der Waals surface area contributed by atoms with Gasteiger partial charge in [-0.1, -0.05) is 182 Å². The lowest BCUT2D eigenvalue weighted by atomic mass is 9.92. The van der Waals surface area contributed by atoms with Crippen molar-refractivity contribution >= 4 is 53.3 Å². The number of rotatable bonds is 8. The van der Waals surface area contributed by atoms with Gasteiger partial charge in [0.25, 0.3) is 0 Å². The Balaban J connectivity index is 1.10. The van der Waals surface area contributed by atoms with Crippen LogP contribution in [0.5, 0.6) is 0 Å². The molecule has 12 aromatic rings. The van der Waals surface area contributed by atoms with Crippen molar-refractivity contribution in [3.05, 3.63) is 242 Å². The Morgan fingerprint density at radius 3 is 1.51 bits per heavy atom. The van der Waals surface area contributed by atoms with Crippen molar-refractivity contribution in [1.29, 1.82) is 0 Å². The molecular weight excluding hydrogens is 845 g/mol. The number of nitrogens with zero attached hydrogens (tertiary/aromatic N) is 4. The van der Waals surface area contributed by atoms with Gasteiger partial charge in [-0.2, -0.15) is 0 Å². The maximum absolute atomic E-state index is 5.49. The lowest BCUT2D eigenvalue weighted by Crippen LogP contribution is -2.08. The van der Waals surface area contributed by atoms with Crippen LogP contribution in [-0.2, 0) is 0 Å². The van der Waals surface area contributed by atoms with Crippen molar-refractivity contribution in [3.63, 3.8) is 0 Å². The molecule has 0 bridgehead atoms. The molecule has 5 heteroatoms. The van der Waals surface area contributed by atoms with Crippen LogP contribution < -0.4 is 0 Å². The topological polar surface area (TPSA) is 43.6 Å². The van der Waals surface area contributed by atoms with E-state index in [4.69, 9.17) is 15.0 Å². The van der Waals surface area contributed by atoms with Gasteiger partial charge >= 0.3 is 0 Å². The van der Waals surface area contributed by atoms with Gasteiger partial charge in [-0.3, -0.25) is 0 Å². The fraction of sp³-hybridized carbons (Fsp3) is 0.0317. The number of hydrogen-bond donors (Lipinski definition) is 0. The highest BCUT2D eigenvalue weighted by Crippen LogP contribution is 2.46. The van der Waals surface area contributed by atoms with Crippen molar-refractivity contribution in [2.45, 2.75) is 12.3 Å². The standard InChI is InChI=1S/C63H42N4S/c1-6-20-41(21-7-1)46-34-47(42-22-8-2-9-23-42)36-48(35-46)62-64-61(45-28-14-5-15-29-45)65-63(66-62)49-37-52(43-24-10-3-11-25-43)60(53(38-49)44-26-12-4-13-27-44)67-56-32-18-16-30-50(56)54-39-55-51-31-17-19-33-58(51)68-59(55)40-57(54)67/h1-28,30-40,45H,29H2.